The van der Waals surface area contributed by atoms with Crippen LogP contribution in [-0.2, 0) is 6.42 Å². The van der Waals surface area contributed by atoms with Crippen LogP contribution in [0.25, 0.3) is 5.78 Å². The van der Waals surface area contributed by atoms with Gasteiger partial charge in [-0.05, 0) is 25.5 Å². The van der Waals surface area contributed by atoms with Gasteiger partial charge >= 0.3 is 0 Å². The third-order valence-electron chi connectivity index (χ3n) is 3.44. The highest BCUT2D eigenvalue weighted by molar-refractivity contribution is 5.45. The maximum absolute atomic E-state index is 13.6. The van der Waals surface area contributed by atoms with Crippen LogP contribution in [0.2, 0.25) is 0 Å². The maximum Gasteiger partial charge on any atom is 0.254 e. The van der Waals surface area contributed by atoms with Gasteiger partial charge in [-0.25, -0.2) is 13.8 Å². The summed E-state index contributed by atoms with van der Waals surface area (Å²) in [5, 5.41) is 7.37. The Morgan fingerprint density at radius 1 is 1.29 bits per heavy atom. The van der Waals surface area contributed by atoms with Crippen molar-refractivity contribution in [1.82, 2.24) is 19.6 Å². The molecule has 0 spiro atoms. The molecule has 3 rings (SSSR count). The van der Waals surface area contributed by atoms with Crippen molar-refractivity contribution in [2.45, 2.75) is 26.3 Å². The van der Waals surface area contributed by atoms with Crippen LogP contribution < -0.4 is 10.1 Å². The lowest BCUT2D eigenvalue weighted by Gasteiger charge is -2.17. The lowest BCUT2D eigenvalue weighted by atomic mass is 10.3. The molecular formula is C16H17F2N5O. The van der Waals surface area contributed by atoms with E-state index < -0.39 is 11.6 Å². The van der Waals surface area contributed by atoms with Gasteiger partial charge in [-0.3, -0.25) is 0 Å². The molecule has 126 valence electrons. The van der Waals surface area contributed by atoms with Gasteiger partial charge in [0.2, 0.25) is 0 Å². The maximum atomic E-state index is 13.6. The summed E-state index contributed by atoms with van der Waals surface area (Å²) in [7, 11) is 0. The molecule has 0 radical (unpaired) electrons. The van der Waals surface area contributed by atoms with E-state index in [1.54, 1.807) is 4.52 Å². The smallest absolute Gasteiger partial charge is 0.254 e. The summed E-state index contributed by atoms with van der Waals surface area (Å²) in [5.41, 5.74) is 0.885. The molecule has 0 aliphatic rings. The Balaban J connectivity index is 1.70. The van der Waals surface area contributed by atoms with Gasteiger partial charge in [-0.1, -0.05) is 6.92 Å². The molecule has 1 N–H and O–H groups in total. The number of aromatic nitrogens is 4. The van der Waals surface area contributed by atoms with E-state index in [-0.39, 0.29) is 18.4 Å². The van der Waals surface area contributed by atoms with Gasteiger partial charge in [0, 0.05) is 17.8 Å². The Bertz CT molecular complexity index is 852. The molecule has 0 aliphatic carbocycles. The number of halogens is 2. The van der Waals surface area contributed by atoms with Gasteiger partial charge in [0.15, 0.2) is 11.6 Å². The Kier molecular flexibility index (Phi) is 4.54. The summed E-state index contributed by atoms with van der Waals surface area (Å²) >= 11 is 0. The first-order valence-electron chi connectivity index (χ1n) is 7.61. The van der Waals surface area contributed by atoms with E-state index in [1.165, 1.54) is 12.4 Å². The number of fused-ring (bicyclic) bond motifs is 1. The molecule has 6 nitrogen and oxygen atoms in total. The molecule has 0 bridgehead atoms. The van der Waals surface area contributed by atoms with Gasteiger partial charge in [0.1, 0.15) is 24.6 Å². The Hall–Kier alpha value is -2.77. The zero-order valence-electron chi connectivity index (χ0n) is 13.3. The number of hydrogen-bond acceptors (Lipinski definition) is 5. The number of aryl methyl sites for hydroxylation is 1. The highest BCUT2D eigenvalue weighted by atomic mass is 19.1. The Labute approximate surface area is 137 Å². The molecule has 1 unspecified atom stereocenters. The lowest BCUT2D eigenvalue weighted by molar-refractivity contribution is 0.288. The molecule has 3 aromatic rings. The minimum atomic E-state index is -0.724. The van der Waals surface area contributed by atoms with Crippen LogP contribution in [0.3, 0.4) is 0 Å². The lowest BCUT2D eigenvalue weighted by Crippen LogP contribution is -2.25. The van der Waals surface area contributed by atoms with Crippen molar-refractivity contribution in [3.63, 3.8) is 0 Å². The molecule has 8 heteroatoms. The van der Waals surface area contributed by atoms with Crippen LogP contribution >= 0.6 is 0 Å². The third-order valence-corrected chi connectivity index (χ3v) is 3.44. The molecule has 0 amide bonds. The van der Waals surface area contributed by atoms with Gasteiger partial charge in [0.25, 0.3) is 5.78 Å². The zero-order chi connectivity index (χ0) is 17.1. The summed E-state index contributed by atoms with van der Waals surface area (Å²) in [6, 6.07) is 4.97. The molecule has 0 aliphatic heterocycles. The topological polar surface area (TPSA) is 64.3 Å². The Morgan fingerprint density at radius 2 is 2.12 bits per heavy atom. The van der Waals surface area contributed by atoms with Crippen LogP contribution in [0.1, 0.15) is 19.5 Å². The fourth-order valence-electron chi connectivity index (χ4n) is 2.25. The quantitative estimate of drug-likeness (QED) is 0.751. The summed E-state index contributed by atoms with van der Waals surface area (Å²) in [5.74, 6) is -0.110. The van der Waals surface area contributed by atoms with E-state index in [9.17, 15) is 8.78 Å². The van der Waals surface area contributed by atoms with E-state index in [0.717, 1.165) is 30.1 Å². The minimum Gasteiger partial charge on any atom is -0.488 e. The van der Waals surface area contributed by atoms with Gasteiger partial charge in [-0.2, -0.15) is 14.6 Å². The predicted molar refractivity (Wildman–Crippen MR) is 85.1 cm³/mol. The molecule has 2 heterocycles. The van der Waals surface area contributed by atoms with Crippen LogP contribution in [-0.4, -0.2) is 32.2 Å². The van der Waals surface area contributed by atoms with Crippen LogP contribution in [0.5, 0.6) is 5.75 Å². The standard InChI is InChI=1S/C16H17F2N5O/c1-3-12-7-15(23-16(22-12)19-9-20-23)21-10(2)8-24-14-5-4-11(17)6-13(14)18/h4-7,9-10,21H,3,8H2,1-2H3. The Morgan fingerprint density at radius 3 is 2.88 bits per heavy atom. The normalized spacial score (nSPS) is 12.3. The number of hydrogen-bond donors (Lipinski definition) is 1. The van der Waals surface area contributed by atoms with Crippen LogP contribution in [0.4, 0.5) is 14.6 Å². The zero-order valence-corrected chi connectivity index (χ0v) is 13.3. The second-order valence-electron chi connectivity index (χ2n) is 5.39. The first-order chi connectivity index (χ1) is 11.6. The SMILES string of the molecule is CCc1cc(NC(C)COc2ccc(F)cc2F)n2ncnc2n1. The summed E-state index contributed by atoms with van der Waals surface area (Å²) in [6.45, 7) is 4.08. The van der Waals surface area contributed by atoms with Gasteiger partial charge in [-0.15, -0.1) is 0 Å². The van der Waals surface area contributed by atoms with Crippen LogP contribution in [0, 0.1) is 11.6 Å². The van der Waals surface area contributed by atoms with Crippen molar-refractivity contribution in [3.8, 4) is 5.75 Å². The van der Waals surface area contributed by atoms with E-state index in [2.05, 4.69) is 20.4 Å². The number of anilines is 1. The monoisotopic (exact) mass is 333 g/mol. The van der Waals surface area contributed by atoms with Crippen molar-refractivity contribution in [2.75, 3.05) is 11.9 Å². The van der Waals surface area contributed by atoms with Gasteiger partial charge in [0.05, 0.1) is 6.04 Å². The van der Waals surface area contributed by atoms with E-state index in [1.807, 2.05) is 19.9 Å². The van der Waals surface area contributed by atoms with Crippen LogP contribution in [0.15, 0.2) is 30.6 Å². The molecule has 0 saturated carbocycles. The van der Waals surface area contributed by atoms with E-state index in [0.29, 0.717) is 5.78 Å². The molecule has 0 saturated heterocycles. The number of nitrogens with zero attached hydrogens (tertiary/aromatic N) is 4. The number of nitrogens with one attached hydrogen (secondary N) is 1. The second-order valence-corrected chi connectivity index (χ2v) is 5.39. The summed E-state index contributed by atoms with van der Waals surface area (Å²) < 4.78 is 33.5. The highest BCUT2D eigenvalue weighted by Gasteiger charge is 2.11. The van der Waals surface area contributed by atoms with Crippen molar-refractivity contribution < 1.29 is 13.5 Å². The molecule has 1 aromatic carbocycles. The van der Waals surface area contributed by atoms with Crippen molar-refractivity contribution in [3.05, 3.63) is 47.9 Å². The molecule has 1 atom stereocenters. The molecular weight excluding hydrogens is 316 g/mol. The summed E-state index contributed by atoms with van der Waals surface area (Å²) in [4.78, 5) is 8.46. The molecule has 24 heavy (non-hydrogen) atoms. The average Bonchev–Trinajstić information content (AvgIpc) is 3.02. The highest BCUT2D eigenvalue weighted by Crippen LogP contribution is 2.18. The van der Waals surface area contributed by atoms with E-state index >= 15 is 0 Å². The van der Waals surface area contributed by atoms with Crippen molar-refractivity contribution >= 4 is 11.6 Å². The summed E-state index contributed by atoms with van der Waals surface area (Å²) in [6.07, 6.45) is 2.20. The fourth-order valence-corrected chi connectivity index (χ4v) is 2.25. The molecule has 2 aromatic heterocycles. The largest absolute Gasteiger partial charge is 0.488 e. The first kappa shape index (κ1) is 16.1. The van der Waals surface area contributed by atoms with E-state index in [4.69, 9.17) is 4.74 Å². The molecule has 0 fully saturated rings. The van der Waals surface area contributed by atoms with Crippen molar-refractivity contribution in [1.29, 1.82) is 0 Å². The van der Waals surface area contributed by atoms with Gasteiger partial charge < -0.3 is 10.1 Å². The predicted octanol–water partition coefficient (Wildman–Crippen LogP) is 2.84. The average molecular weight is 333 g/mol. The minimum absolute atomic E-state index is 0.0138. The third kappa shape index (κ3) is 3.42. The van der Waals surface area contributed by atoms with Crippen molar-refractivity contribution in [2.24, 2.45) is 0 Å². The number of benzene rings is 1. The number of ether oxygens (including phenoxy) is 1. The first-order valence-corrected chi connectivity index (χ1v) is 7.61. The number of rotatable bonds is 6. The second kappa shape index (κ2) is 6.77. The fraction of sp³-hybridized carbons (Fsp3) is 0.312.